The zero-order valence-electron chi connectivity index (χ0n) is 18.4. The molecule has 0 aliphatic rings. The van der Waals surface area contributed by atoms with Crippen LogP contribution in [0.1, 0.15) is 55.9 Å². The molecule has 0 unspecified atom stereocenters. The Labute approximate surface area is 175 Å². The third-order valence-electron chi connectivity index (χ3n) is 5.46. The summed E-state index contributed by atoms with van der Waals surface area (Å²) in [7, 11) is 0. The van der Waals surface area contributed by atoms with Crippen molar-refractivity contribution in [1.29, 1.82) is 0 Å². The first-order valence-electron chi connectivity index (χ1n) is 10.6. The molecule has 0 aromatic heterocycles. The van der Waals surface area contributed by atoms with Gasteiger partial charge in [0.15, 0.2) is 0 Å². The number of nitrogens with one attached hydrogen (secondary N) is 1. The van der Waals surface area contributed by atoms with Gasteiger partial charge in [0.1, 0.15) is 6.04 Å². The van der Waals surface area contributed by atoms with Crippen LogP contribution in [0, 0.1) is 13.8 Å². The van der Waals surface area contributed by atoms with E-state index in [0.717, 1.165) is 23.1 Å². The van der Waals surface area contributed by atoms with Gasteiger partial charge in [0.05, 0.1) is 6.42 Å². The maximum atomic E-state index is 13.3. The molecule has 1 N–H and O–H groups in total. The zero-order valence-corrected chi connectivity index (χ0v) is 18.4. The van der Waals surface area contributed by atoms with Crippen molar-refractivity contribution in [3.05, 3.63) is 70.8 Å². The Morgan fingerprint density at radius 1 is 0.966 bits per heavy atom. The minimum absolute atomic E-state index is 0.0222. The summed E-state index contributed by atoms with van der Waals surface area (Å²) in [6.45, 7) is 10.5. The molecule has 2 aromatic rings. The fraction of sp³-hybridized carbons (Fsp3) is 0.440. The van der Waals surface area contributed by atoms with Crippen molar-refractivity contribution in [2.24, 2.45) is 0 Å². The predicted molar refractivity (Wildman–Crippen MR) is 119 cm³/mol. The molecule has 0 radical (unpaired) electrons. The summed E-state index contributed by atoms with van der Waals surface area (Å²) in [6, 6.07) is 15.7. The largest absolute Gasteiger partial charge is 0.352 e. The number of aryl methyl sites for hydroxylation is 2. The zero-order chi connectivity index (χ0) is 21.4. The fourth-order valence-electron chi connectivity index (χ4n) is 3.32. The molecule has 0 spiro atoms. The van der Waals surface area contributed by atoms with Crippen molar-refractivity contribution in [3.63, 3.8) is 0 Å². The summed E-state index contributed by atoms with van der Waals surface area (Å²) >= 11 is 0. The second-order valence-electron chi connectivity index (χ2n) is 7.85. The van der Waals surface area contributed by atoms with Crippen LogP contribution in [0.4, 0.5) is 0 Å². The molecule has 0 saturated carbocycles. The Morgan fingerprint density at radius 3 is 2.21 bits per heavy atom. The van der Waals surface area contributed by atoms with E-state index in [1.165, 1.54) is 5.56 Å². The number of amides is 2. The highest BCUT2D eigenvalue weighted by molar-refractivity contribution is 5.88. The third-order valence-corrected chi connectivity index (χ3v) is 5.46. The first-order valence-corrected chi connectivity index (χ1v) is 10.6. The normalized spacial score (nSPS) is 12.9. The summed E-state index contributed by atoms with van der Waals surface area (Å²) in [5.41, 5.74) is 4.30. The molecule has 0 heterocycles. The van der Waals surface area contributed by atoms with E-state index < -0.39 is 6.04 Å². The quantitative estimate of drug-likeness (QED) is 0.677. The van der Waals surface area contributed by atoms with E-state index in [-0.39, 0.29) is 17.9 Å². The van der Waals surface area contributed by atoms with Crippen LogP contribution in [-0.2, 0) is 22.6 Å². The number of nitrogens with zero attached hydrogens (tertiary/aromatic N) is 1. The Bertz CT molecular complexity index is 814. The molecule has 2 aromatic carbocycles. The van der Waals surface area contributed by atoms with Crippen LogP contribution < -0.4 is 5.32 Å². The number of hydrogen-bond donors (Lipinski definition) is 1. The second kappa shape index (κ2) is 10.8. The first kappa shape index (κ1) is 22.7. The Kier molecular flexibility index (Phi) is 8.44. The lowest BCUT2D eigenvalue weighted by atomic mass is 10.0. The smallest absolute Gasteiger partial charge is 0.243 e. The van der Waals surface area contributed by atoms with E-state index >= 15 is 0 Å². The number of benzene rings is 2. The van der Waals surface area contributed by atoms with Gasteiger partial charge in [-0.3, -0.25) is 9.59 Å². The van der Waals surface area contributed by atoms with Crippen molar-refractivity contribution in [2.75, 3.05) is 0 Å². The summed E-state index contributed by atoms with van der Waals surface area (Å²) in [4.78, 5) is 28.0. The van der Waals surface area contributed by atoms with Gasteiger partial charge < -0.3 is 10.2 Å². The van der Waals surface area contributed by atoms with Crippen LogP contribution in [0.25, 0.3) is 0 Å². The van der Waals surface area contributed by atoms with Crippen molar-refractivity contribution in [2.45, 2.75) is 72.5 Å². The minimum atomic E-state index is -0.484. The first-order chi connectivity index (χ1) is 13.8. The molecule has 0 aliphatic heterocycles. The molecular formula is C25H34N2O2. The monoisotopic (exact) mass is 394 g/mol. The lowest BCUT2D eigenvalue weighted by molar-refractivity contribution is -0.141. The van der Waals surface area contributed by atoms with Crippen LogP contribution in [0.5, 0.6) is 0 Å². The van der Waals surface area contributed by atoms with Crippen LogP contribution in [0.15, 0.2) is 48.5 Å². The standard InChI is InChI=1S/C25H34N2O2/c1-6-20(5)26-25(29)23(7-2)27(17-21-14-12-18(3)13-15-21)24(28)16-22-11-9-8-10-19(22)4/h8-15,20,23H,6-7,16-17H2,1-5H3,(H,26,29)/t20-,23+/m0/s1. The number of rotatable bonds is 9. The van der Waals surface area contributed by atoms with Gasteiger partial charge >= 0.3 is 0 Å². The summed E-state index contributed by atoms with van der Waals surface area (Å²) in [6.07, 6.45) is 1.73. The molecule has 0 aliphatic carbocycles. The average molecular weight is 395 g/mol. The SMILES string of the molecule is CC[C@H](C(=O)N[C@@H](C)CC)N(Cc1ccc(C)cc1)C(=O)Cc1ccccc1C. The highest BCUT2D eigenvalue weighted by Gasteiger charge is 2.29. The molecule has 2 amide bonds. The van der Waals surface area contributed by atoms with Gasteiger partial charge in [-0.1, -0.05) is 67.9 Å². The van der Waals surface area contributed by atoms with E-state index in [2.05, 4.69) is 5.32 Å². The van der Waals surface area contributed by atoms with Crippen molar-refractivity contribution < 1.29 is 9.59 Å². The highest BCUT2D eigenvalue weighted by Crippen LogP contribution is 2.17. The van der Waals surface area contributed by atoms with Gasteiger partial charge in [0.25, 0.3) is 0 Å². The molecule has 29 heavy (non-hydrogen) atoms. The van der Waals surface area contributed by atoms with Gasteiger partial charge in [-0.25, -0.2) is 0 Å². The van der Waals surface area contributed by atoms with Crippen molar-refractivity contribution >= 4 is 11.8 Å². The highest BCUT2D eigenvalue weighted by atomic mass is 16.2. The predicted octanol–water partition coefficient (Wildman–Crippen LogP) is 4.57. The molecule has 156 valence electrons. The van der Waals surface area contributed by atoms with Gasteiger partial charge in [-0.05, 0) is 50.3 Å². The van der Waals surface area contributed by atoms with Gasteiger partial charge in [-0.2, -0.15) is 0 Å². The van der Waals surface area contributed by atoms with Crippen LogP contribution in [0.3, 0.4) is 0 Å². The molecule has 2 rings (SSSR count). The van der Waals surface area contributed by atoms with E-state index in [0.29, 0.717) is 19.4 Å². The van der Waals surface area contributed by atoms with E-state index in [1.807, 2.05) is 83.1 Å². The molecule has 4 nitrogen and oxygen atoms in total. The maximum absolute atomic E-state index is 13.3. The number of carbonyl (C=O) groups excluding carboxylic acids is 2. The molecule has 4 heteroatoms. The molecular weight excluding hydrogens is 360 g/mol. The Balaban J connectivity index is 2.29. The lowest BCUT2D eigenvalue weighted by Gasteiger charge is -2.31. The summed E-state index contributed by atoms with van der Waals surface area (Å²) in [5, 5.41) is 3.05. The lowest BCUT2D eigenvalue weighted by Crippen LogP contribution is -2.51. The van der Waals surface area contributed by atoms with Gasteiger partial charge in [-0.15, -0.1) is 0 Å². The minimum Gasteiger partial charge on any atom is -0.352 e. The summed E-state index contributed by atoms with van der Waals surface area (Å²) in [5.74, 6) is -0.0990. The van der Waals surface area contributed by atoms with Gasteiger partial charge in [0, 0.05) is 12.6 Å². The van der Waals surface area contributed by atoms with Crippen LogP contribution >= 0.6 is 0 Å². The molecule has 0 bridgehead atoms. The van der Waals surface area contributed by atoms with E-state index in [1.54, 1.807) is 4.90 Å². The van der Waals surface area contributed by atoms with E-state index in [9.17, 15) is 9.59 Å². The number of carbonyl (C=O) groups is 2. The summed E-state index contributed by atoms with van der Waals surface area (Å²) < 4.78 is 0. The Morgan fingerprint density at radius 2 is 1.62 bits per heavy atom. The second-order valence-corrected chi connectivity index (χ2v) is 7.85. The average Bonchev–Trinajstić information content (AvgIpc) is 2.70. The van der Waals surface area contributed by atoms with Crippen molar-refractivity contribution in [1.82, 2.24) is 10.2 Å². The molecule has 2 atom stereocenters. The molecule has 0 fully saturated rings. The molecule has 0 saturated heterocycles. The van der Waals surface area contributed by atoms with Crippen molar-refractivity contribution in [3.8, 4) is 0 Å². The topological polar surface area (TPSA) is 49.4 Å². The maximum Gasteiger partial charge on any atom is 0.243 e. The van der Waals surface area contributed by atoms with Crippen LogP contribution in [-0.4, -0.2) is 28.8 Å². The van der Waals surface area contributed by atoms with Gasteiger partial charge in [0.2, 0.25) is 11.8 Å². The Hall–Kier alpha value is -2.62. The third kappa shape index (κ3) is 6.45. The van der Waals surface area contributed by atoms with Crippen LogP contribution in [0.2, 0.25) is 0 Å². The fourth-order valence-corrected chi connectivity index (χ4v) is 3.32. The van der Waals surface area contributed by atoms with E-state index in [4.69, 9.17) is 0 Å². The number of hydrogen-bond acceptors (Lipinski definition) is 2.